The maximum atomic E-state index is 12.9. The van der Waals surface area contributed by atoms with Crippen LogP contribution in [-0.2, 0) is 11.2 Å². The topological polar surface area (TPSA) is 77.8 Å². The average Bonchev–Trinajstić information content (AvgIpc) is 3.35. The minimum absolute atomic E-state index is 0.270. The predicted octanol–water partition coefficient (Wildman–Crippen LogP) is 2.29. The Balaban J connectivity index is 2.49. The molecule has 1 saturated carbocycles. The van der Waals surface area contributed by atoms with Crippen molar-refractivity contribution in [2.45, 2.75) is 32.2 Å². The molecular formula is C17H19NO5. The van der Waals surface area contributed by atoms with E-state index in [2.05, 4.69) is 0 Å². The number of fused-ring (bicyclic) bond motifs is 1. The second-order valence-corrected chi connectivity index (χ2v) is 5.76. The van der Waals surface area contributed by atoms with E-state index in [1.54, 1.807) is 26.2 Å². The third kappa shape index (κ3) is 2.44. The van der Waals surface area contributed by atoms with Crippen molar-refractivity contribution >= 4 is 16.9 Å². The number of hydrogen-bond donors (Lipinski definition) is 1. The van der Waals surface area contributed by atoms with Gasteiger partial charge in [0, 0.05) is 17.3 Å². The lowest BCUT2D eigenvalue weighted by Gasteiger charge is -2.20. The van der Waals surface area contributed by atoms with Crippen LogP contribution in [0.4, 0.5) is 0 Å². The number of hydrogen-bond acceptors (Lipinski definition) is 4. The Labute approximate surface area is 133 Å². The lowest BCUT2D eigenvalue weighted by atomic mass is 10.0. The van der Waals surface area contributed by atoms with Crippen LogP contribution in [0.2, 0.25) is 0 Å². The van der Waals surface area contributed by atoms with Gasteiger partial charge in [0.25, 0.3) is 0 Å². The number of ether oxygens (including phenoxy) is 2. The van der Waals surface area contributed by atoms with E-state index in [-0.39, 0.29) is 17.9 Å². The summed E-state index contributed by atoms with van der Waals surface area (Å²) in [6.07, 6.45) is 1.71. The maximum Gasteiger partial charge on any atom is 0.308 e. The molecule has 6 heteroatoms. The van der Waals surface area contributed by atoms with Gasteiger partial charge in [-0.2, -0.15) is 0 Å². The van der Waals surface area contributed by atoms with Crippen molar-refractivity contribution in [3.63, 3.8) is 0 Å². The summed E-state index contributed by atoms with van der Waals surface area (Å²) in [4.78, 5) is 24.1. The van der Waals surface area contributed by atoms with E-state index in [0.29, 0.717) is 33.7 Å². The molecule has 2 aromatic rings. The highest BCUT2D eigenvalue weighted by atomic mass is 16.5. The van der Waals surface area contributed by atoms with Crippen LogP contribution in [0, 0.1) is 6.92 Å². The number of pyridine rings is 1. The third-order valence-electron chi connectivity index (χ3n) is 4.32. The highest BCUT2D eigenvalue weighted by molar-refractivity contribution is 5.92. The monoisotopic (exact) mass is 317 g/mol. The molecule has 1 aliphatic rings. The number of carboxylic acids is 1. The van der Waals surface area contributed by atoms with E-state index < -0.39 is 5.97 Å². The molecule has 1 aromatic heterocycles. The van der Waals surface area contributed by atoms with Crippen molar-refractivity contribution in [1.29, 1.82) is 0 Å². The molecule has 0 amide bonds. The van der Waals surface area contributed by atoms with Gasteiger partial charge >= 0.3 is 5.97 Å². The summed E-state index contributed by atoms with van der Waals surface area (Å²) in [5.41, 5.74) is 1.39. The minimum atomic E-state index is -1.02. The largest absolute Gasteiger partial charge is 0.496 e. The van der Waals surface area contributed by atoms with E-state index in [0.717, 1.165) is 12.8 Å². The van der Waals surface area contributed by atoms with Crippen LogP contribution in [0.25, 0.3) is 10.9 Å². The molecule has 0 unspecified atom stereocenters. The molecule has 3 rings (SSSR count). The molecule has 1 heterocycles. The molecular weight excluding hydrogens is 298 g/mol. The molecule has 0 radical (unpaired) electrons. The summed E-state index contributed by atoms with van der Waals surface area (Å²) >= 11 is 0. The lowest BCUT2D eigenvalue weighted by Crippen LogP contribution is -2.22. The van der Waals surface area contributed by atoms with E-state index >= 15 is 0 Å². The number of rotatable bonds is 5. The first kappa shape index (κ1) is 15.4. The van der Waals surface area contributed by atoms with Gasteiger partial charge in [0.2, 0.25) is 0 Å². The van der Waals surface area contributed by atoms with Crippen molar-refractivity contribution in [3.8, 4) is 11.5 Å². The summed E-state index contributed by atoms with van der Waals surface area (Å²) in [6, 6.07) is 3.72. The normalized spacial score (nSPS) is 14.0. The second-order valence-electron chi connectivity index (χ2n) is 5.76. The van der Waals surface area contributed by atoms with Gasteiger partial charge in [-0.25, -0.2) is 0 Å². The number of aliphatic carboxylic acids is 1. The smallest absolute Gasteiger partial charge is 0.308 e. The maximum absolute atomic E-state index is 12.9. The summed E-state index contributed by atoms with van der Waals surface area (Å²) in [6.45, 7) is 1.80. The molecule has 122 valence electrons. The summed E-state index contributed by atoms with van der Waals surface area (Å²) in [5, 5.41) is 9.55. The van der Waals surface area contributed by atoms with Crippen molar-refractivity contribution in [2.24, 2.45) is 0 Å². The highest BCUT2D eigenvalue weighted by Crippen LogP contribution is 2.42. The zero-order chi connectivity index (χ0) is 16.7. The number of carbonyl (C=O) groups is 1. The average molecular weight is 317 g/mol. The van der Waals surface area contributed by atoms with E-state index in [4.69, 9.17) is 14.6 Å². The summed E-state index contributed by atoms with van der Waals surface area (Å²) < 4.78 is 12.8. The fraction of sp³-hybridized carbons (Fsp3) is 0.412. The summed E-state index contributed by atoms with van der Waals surface area (Å²) in [7, 11) is 3.06. The van der Waals surface area contributed by atoms with Gasteiger partial charge < -0.3 is 19.1 Å². The Morgan fingerprint density at radius 3 is 2.39 bits per heavy atom. The quantitative estimate of drug-likeness (QED) is 0.915. The van der Waals surface area contributed by atoms with Crippen molar-refractivity contribution in [2.75, 3.05) is 14.2 Å². The number of aromatic nitrogens is 1. The molecule has 0 bridgehead atoms. The Morgan fingerprint density at radius 1 is 1.26 bits per heavy atom. The van der Waals surface area contributed by atoms with Gasteiger partial charge in [0.15, 0.2) is 5.43 Å². The second kappa shape index (κ2) is 5.61. The number of nitrogens with zero attached hydrogens (tertiary/aromatic N) is 1. The Hall–Kier alpha value is -2.50. The van der Waals surface area contributed by atoms with Crippen LogP contribution in [0.5, 0.6) is 11.5 Å². The van der Waals surface area contributed by atoms with Gasteiger partial charge in [-0.05, 0) is 31.9 Å². The fourth-order valence-electron chi connectivity index (χ4n) is 3.12. The molecule has 6 nitrogen and oxygen atoms in total. The molecule has 1 N–H and O–H groups in total. The first-order valence-electron chi connectivity index (χ1n) is 7.50. The van der Waals surface area contributed by atoms with E-state index in [1.807, 2.05) is 4.57 Å². The van der Waals surface area contributed by atoms with Gasteiger partial charge in [0.05, 0.1) is 31.5 Å². The standard InChI is InChI=1S/C17H19NO5/c1-9-11(8-14(19)20)17(21)15-12(22-2)6-7-13(23-3)16(15)18(9)10-4-5-10/h6-7,10H,4-5,8H2,1-3H3,(H,19,20). The first-order valence-corrected chi connectivity index (χ1v) is 7.50. The fourth-order valence-corrected chi connectivity index (χ4v) is 3.12. The van der Waals surface area contributed by atoms with Crippen LogP contribution in [0.1, 0.15) is 30.1 Å². The Bertz CT molecular complexity index is 848. The molecule has 0 atom stereocenters. The zero-order valence-electron chi connectivity index (χ0n) is 13.4. The Morgan fingerprint density at radius 2 is 1.87 bits per heavy atom. The molecule has 0 spiro atoms. The number of benzene rings is 1. The molecule has 1 aromatic carbocycles. The molecule has 0 saturated heterocycles. The van der Waals surface area contributed by atoms with Gasteiger partial charge in [-0.15, -0.1) is 0 Å². The predicted molar refractivity (Wildman–Crippen MR) is 85.7 cm³/mol. The molecule has 1 aliphatic carbocycles. The number of carboxylic acid groups (broad SMARTS) is 1. The molecule has 1 fully saturated rings. The minimum Gasteiger partial charge on any atom is -0.496 e. The highest BCUT2D eigenvalue weighted by Gasteiger charge is 2.30. The van der Waals surface area contributed by atoms with Gasteiger partial charge in [-0.3, -0.25) is 9.59 Å². The number of methoxy groups -OCH3 is 2. The van der Waals surface area contributed by atoms with E-state index in [9.17, 15) is 9.59 Å². The van der Waals surface area contributed by atoms with Crippen molar-refractivity contribution in [3.05, 3.63) is 33.6 Å². The molecule has 23 heavy (non-hydrogen) atoms. The van der Waals surface area contributed by atoms with Crippen LogP contribution in [0.3, 0.4) is 0 Å². The summed E-state index contributed by atoms with van der Waals surface area (Å²) in [5.74, 6) is 0.00961. The zero-order valence-corrected chi connectivity index (χ0v) is 13.4. The lowest BCUT2D eigenvalue weighted by molar-refractivity contribution is -0.136. The Kier molecular flexibility index (Phi) is 3.75. The first-order chi connectivity index (χ1) is 11.0. The van der Waals surface area contributed by atoms with Crippen LogP contribution in [-0.4, -0.2) is 29.9 Å². The molecule has 0 aliphatic heterocycles. The van der Waals surface area contributed by atoms with Crippen LogP contribution in [0.15, 0.2) is 16.9 Å². The van der Waals surface area contributed by atoms with Gasteiger partial charge in [-0.1, -0.05) is 0 Å². The van der Waals surface area contributed by atoms with Crippen LogP contribution >= 0.6 is 0 Å². The van der Waals surface area contributed by atoms with Gasteiger partial charge in [0.1, 0.15) is 11.5 Å². The van der Waals surface area contributed by atoms with Crippen LogP contribution < -0.4 is 14.9 Å². The third-order valence-corrected chi connectivity index (χ3v) is 4.32. The van der Waals surface area contributed by atoms with E-state index in [1.165, 1.54) is 7.11 Å². The van der Waals surface area contributed by atoms with Crippen molar-refractivity contribution in [1.82, 2.24) is 4.57 Å². The SMILES string of the molecule is COc1ccc(OC)c2c1c(=O)c(CC(=O)O)c(C)n2C1CC1. The van der Waals surface area contributed by atoms with Crippen molar-refractivity contribution < 1.29 is 19.4 Å².